The normalized spacial score (nSPS) is 14.6. The molecule has 0 saturated carbocycles. The summed E-state index contributed by atoms with van der Waals surface area (Å²) in [6.07, 6.45) is 1.59. The average molecular weight is 635 g/mol. The standard InChI is InChI=1S/C35H30N4O6S/c1-2-45-27-16-8-22(9-17-27)20-29(38-33(42)24-6-4-3-5-7-24)34(43)37-25-12-18-28(19-13-25)46-30-21-31(40)39(35(30)44)26-14-10-23(11-15-26)32(36)41/h3-20,30H,2,21H2,1H3,(H2,36,41)(H,37,43)(H,38,42)/b29-20-. The Morgan fingerprint density at radius 2 is 1.57 bits per heavy atom. The van der Waals surface area contributed by atoms with Gasteiger partial charge in [0.25, 0.3) is 11.8 Å². The number of carbonyl (C=O) groups is 5. The summed E-state index contributed by atoms with van der Waals surface area (Å²) in [6, 6.07) is 28.5. The van der Waals surface area contributed by atoms with Crippen molar-refractivity contribution in [3.8, 4) is 5.75 Å². The van der Waals surface area contributed by atoms with Gasteiger partial charge >= 0.3 is 0 Å². The van der Waals surface area contributed by atoms with Crippen LogP contribution >= 0.6 is 11.8 Å². The van der Waals surface area contributed by atoms with Crippen LogP contribution in [-0.2, 0) is 14.4 Å². The van der Waals surface area contributed by atoms with Gasteiger partial charge in [0.1, 0.15) is 11.4 Å². The Kier molecular flexibility index (Phi) is 9.94. The molecule has 1 aliphatic rings. The predicted molar refractivity (Wildman–Crippen MR) is 176 cm³/mol. The number of rotatable bonds is 11. The molecule has 10 nitrogen and oxygen atoms in total. The average Bonchev–Trinajstić information content (AvgIpc) is 3.34. The van der Waals surface area contributed by atoms with Gasteiger partial charge in [0.2, 0.25) is 17.7 Å². The van der Waals surface area contributed by atoms with E-state index in [2.05, 4.69) is 10.6 Å². The van der Waals surface area contributed by atoms with Gasteiger partial charge in [-0.3, -0.25) is 24.0 Å². The second-order valence-corrected chi connectivity index (χ2v) is 11.4. The summed E-state index contributed by atoms with van der Waals surface area (Å²) < 4.78 is 5.49. The Bertz CT molecular complexity index is 1790. The molecule has 1 heterocycles. The lowest BCUT2D eigenvalue weighted by Crippen LogP contribution is -2.31. The summed E-state index contributed by atoms with van der Waals surface area (Å²) in [6.45, 7) is 2.41. The number of ether oxygens (including phenoxy) is 1. The molecule has 5 rings (SSSR count). The third-order valence-corrected chi connectivity index (χ3v) is 8.13. The molecule has 1 fully saturated rings. The number of primary amides is 1. The van der Waals surface area contributed by atoms with E-state index < -0.39 is 23.0 Å². The zero-order chi connectivity index (χ0) is 32.6. The van der Waals surface area contributed by atoms with E-state index >= 15 is 0 Å². The highest BCUT2D eigenvalue weighted by Crippen LogP contribution is 2.34. The highest BCUT2D eigenvalue weighted by Gasteiger charge is 2.40. The number of thioether (sulfide) groups is 1. The topological polar surface area (TPSA) is 148 Å². The van der Waals surface area contributed by atoms with E-state index in [1.165, 1.54) is 36.0 Å². The fraction of sp³-hybridized carbons (Fsp3) is 0.114. The van der Waals surface area contributed by atoms with Gasteiger partial charge in [-0.2, -0.15) is 0 Å². The largest absolute Gasteiger partial charge is 0.494 e. The number of benzene rings is 4. The lowest BCUT2D eigenvalue weighted by Gasteiger charge is -2.15. The van der Waals surface area contributed by atoms with Crippen LogP contribution in [0.15, 0.2) is 114 Å². The number of hydrogen-bond acceptors (Lipinski definition) is 7. The zero-order valence-electron chi connectivity index (χ0n) is 24.8. The fourth-order valence-corrected chi connectivity index (χ4v) is 5.71. The molecule has 1 saturated heterocycles. The van der Waals surface area contributed by atoms with Crippen molar-refractivity contribution in [2.45, 2.75) is 23.5 Å². The number of carbonyl (C=O) groups excluding carboxylic acids is 5. The molecule has 0 aromatic heterocycles. The number of anilines is 2. The monoisotopic (exact) mass is 634 g/mol. The molecular weight excluding hydrogens is 604 g/mol. The van der Waals surface area contributed by atoms with Crippen LogP contribution in [-0.4, -0.2) is 41.4 Å². The molecule has 4 N–H and O–H groups in total. The molecule has 1 unspecified atom stereocenters. The number of imide groups is 1. The van der Waals surface area contributed by atoms with Crippen molar-refractivity contribution in [1.29, 1.82) is 0 Å². The number of nitrogens with zero attached hydrogens (tertiary/aromatic N) is 1. The quantitative estimate of drug-likeness (QED) is 0.155. The maximum Gasteiger partial charge on any atom is 0.272 e. The number of nitrogens with two attached hydrogens (primary N) is 1. The van der Waals surface area contributed by atoms with Gasteiger partial charge < -0.3 is 21.1 Å². The van der Waals surface area contributed by atoms with Gasteiger partial charge in [-0.15, -0.1) is 11.8 Å². The first-order chi connectivity index (χ1) is 22.2. The summed E-state index contributed by atoms with van der Waals surface area (Å²) in [4.78, 5) is 65.3. The fourth-order valence-electron chi connectivity index (χ4n) is 4.66. The molecule has 4 aromatic carbocycles. The van der Waals surface area contributed by atoms with E-state index in [-0.39, 0.29) is 29.5 Å². The molecule has 5 amide bonds. The van der Waals surface area contributed by atoms with Crippen LogP contribution in [0.2, 0.25) is 0 Å². The Morgan fingerprint density at radius 3 is 2.20 bits per heavy atom. The molecule has 0 radical (unpaired) electrons. The molecular formula is C35H30N4O6S. The van der Waals surface area contributed by atoms with Crippen LogP contribution in [0.3, 0.4) is 0 Å². The molecule has 4 aromatic rings. The summed E-state index contributed by atoms with van der Waals surface area (Å²) >= 11 is 1.24. The van der Waals surface area contributed by atoms with Gasteiger partial charge in [-0.05, 0) is 91.4 Å². The third kappa shape index (κ3) is 7.69. The minimum atomic E-state index is -0.638. The van der Waals surface area contributed by atoms with Crippen molar-refractivity contribution in [2.24, 2.45) is 5.73 Å². The molecule has 46 heavy (non-hydrogen) atoms. The van der Waals surface area contributed by atoms with E-state index in [9.17, 15) is 24.0 Å². The Balaban J connectivity index is 1.27. The Labute approximate surface area is 269 Å². The van der Waals surface area contributed by atoms with Crippen LogP contribution in [0.4, 0.5) is 11.4 Å². The van der Waals surface area contributed by atoms with Crippen molar-refractivity contribution in [1.82, 2.24) is 5.32 Å². The van der Waals surface area contributed by atoms with Crippen LogP contribution in [0.5, 0.6) is 5.75 Å². The van der Waals surface area contributed by atoms with Gasteiger partial charge in [0, 0.05) is 28.1 Å². The van der Waals surface area contributed by atoms with Crippen molar-refractivity contribution >= 4 is 58.7 Å². The van der Waals surface area contributed by atoms with Gasteiger partial charge in [-0.25, -0.2) is 4.90 Å². The Hall–Kier alpha value is -5.68. The maximum atomic E-state index is 13.4. The number of nitrogens with one attached hydrogen (secondary N) is 2. The molecule has 232 valence electrons. The lowest BCUT2D eigenvalue weighted by atomic mass is 10.1. The van der Waals surface area contributed by atoms with Crippen LogP contribution in [0, 0.1) is 0 Å². The molecule has 0 bridgehead atoms. The molecule has 0 spiro atoms. The molecule has 0 aliphatic carbocycles. The molecule has 1 aliphatic heterocycles. The summed E-state index contributed by atoms with van der Waals surface area (Å²) in [7, 11) is 0. The van der Waals surface area contributed by atoms with E-state index in [4.69, 9.17) is 10.5 Å². The van der Waals surface area contributed by atoms with Gasteiger partial charge in [0.05, 0.1) is 17.5 Å². The number of hydrogen-bond donors (Lipinski definition) is 3. The zero-order valence-corrected chi connectivity index (χ0v) is 25.6. The Morgan fingerprint density at radius 1 is 0.891 bits per heavy atom. The molecule has 11 heteroatoms. The second-order valence-electron chi connectivity index (χ2n) is 10.1. The first-order valence-corrected chi connectivity index (χ1v) is 15.3. The summed E-state index contributed by atoms with van der Waals surface area (Å²) in [5.41, 5.74) is 7.51. The van der Waals surface area contributed by atoms with E-state index in [1.54, 1.807) is 84.9 Å². The van der Waals surface area contributed by atoms with Crippen molar-refractivity contribution in [3.63, 3.8) is 0 Å². The van der Waals surface area contributed by atoms with Gasteiger partial charge in [0.15, 0.2) is 0 Å². The highest BCUT2D eigenvalue weighted by atomic mass is 32.2. The summed E-state index contributed by atoms with van der Waals surface area (Å²) in [5, 5.41) is 4.89. The first kappa shape index (κ1) is 31.7. The first-order valence-electron chi connectivity index (χ1n) is 14.4. The lowest BCUT2D eigenvalue weighted by molar-refractivity contribution is -0.121. The van der Waals surface area contributed by atoms with Crippen molar-refractivity contribution in [2.75, 3.05) is 16.8 Å². The third-order valence-electron chi connectivity index (χ3n) is 6.94. The maximum absolute atomic E-state index is 13.4. The van der Waals surface area contributed by atoms with Crippen molar-refractivity contribution in [3.05, 3.63) is 126 Å². The van der Waals surface area contributed by atoms with Crippen LogP contribution < -0.4 is 26.0 Å². The summed E-state index contributed by atoms with van der Waals surface area (Å²) in [5.74, 6) is -1.59. The highest BCUT2D eigenvalue weighted by molar-refractivity contribution is 8.00. The minimum Gasteiger partial charge on any atom is -0.494 e. The SMILES string of the molecule is CCOc1ccc(/C=C(\NC(=O)c2ccccc2)C(=O)Nc2ccc(SC3CC(=O)N(c4ccc(C(N)=O)cc4)C3=O)cc2)cc1. The van der Waals surface area contributed by atoms with Crippen molar-refractivity contribution < 1.29 is 28.7 Å². The van der Waals surface area contributed by atoms with E-state index in [1.807, 2.05) is 6.92 Å². The van der Waals surface area contributed by atoms with E-state index in [0.29, 0.717) is 34.9 Å². The molecule has 1 atom stereocenters. The van der Waals surface area contributed by atoms with Crippen LogP contribution in [0.1, 0.15) is 39.6 Å². The number of amides is 5. The minimum absolute atomic E-state index is 0.0143. The van der Waals surface area contributed by atoms with E-state index in [0.717, 1.165) is 9.80 Å². The predicted octanol–water partition coefficient (Wildman–Crippen LogP) is 5.02. The van der Waals surface area contributed by atoms with Crippen LogP contribution in [0.25, 0.3) is 6.08 Å². The van der Waals surface area contributed by atoms with Gasteiger partial charge in [-0.1, -0.05) is 30.3 Å². The smallest absolute Gasteiger partial charge is 0.272 e. The second kappa shape index (κ2) is 14.4.